The van der Waals surface area contributed by atoms with Gasteiger partial charge in [0.2, 0.25) is 0 Å². The van der Waals surface area contributed by atoms with Crippen LogP contribution < -0.4 is 5.32 Å². The molecule has 0 aliphatic heterocycles. The minimum absolute atomic E-state index is 0.0153. The summed E-state index contributed by atoms with van der Waals surface area (Å²) in [5.74, 6) is -0.224. The molecular weight excluding hydrogens is 316 g/mol. The number of nitrogens with one attached hydrogen (secondary N) is 1. The highest BCUT2D eigenvalue weighted by atomic mass is 16.5. The summed E-state index contributed by atoms with van der Waals surface area (Å²) in [7, 11) is 0. The van der Waals surface area contributed by atoms with Crippen LogP contribution in [0.15, 0.2) is 24.3 Å². The van der Waals surface area contributed by atoms with Crippen molar-refractivity contribution in [2.45, 2.75) is 46.1 Å². The first-order valence-electron chi connectivity index (χ1n) is 8.82. The van der Waals surface area contributed by atoms with Gasteiger partial charge in [-0.2, -0.15) is 0 Å². The number of carbonyl (C=O) groups excluding carboxylic acids is 2. The van der Waals surface area contributed by atoms with E-state index in [-0.39, 0.29) is 18.6 Å². The third-order valence-electron chi connectivity index (χ3n) is 4.49. The van der Waals surface area contributed by atoms with E-state index >= 15 is 0 Å². The molecular formula is C20H24N2O3. The summed E-state index contributed by atoms with van der Waals surface area (Å²) >= 11 is 0. The van der Waals surface area contributed by atoms with E-state index in [1.807, 2.05) is 38.1 Å². The van der Waals surface area contributed by atoms with Crippen LogP contribution in [0.4, 0.5) is 0 Å². The number of fused-ring (bicyclic) bond motifs is 2. The van der Waals surface area contributed by atoms with Crippen LogP contribution in [-0.2, 0) is 22.4 Å². The van der Waals surface area contributed by atoms with E-state index in [4.69, 9.17) is 9.72 Å². The second kappa shape index (κ2) is 7.21. The molecule has 1 aromatic heterocycles. The number of esters is 1. The number of amides is 1. The lowest BCUT2D eigenvalue weighted by Gasteiger charge is -2.24. The van der Waals surface area contributed by atoms with Gasteiger partial charge in [0.25, 0.3) is 5.91 Å². The van der Waals surface area contributed by atoms with Gasteiger partial charge in [0, 0.05) is 17.1 Å². The third kappa shape index (κ3) is 3.81. The molecule has 0 fully saturated rings. The van der Waals surface area contributed by atoms with E-state index in [0.717, 1.165) is 41.4 Å². The summed E-state index contributed by atoms with van der Waals surface area (Å²) in [6.07, 6.45) is 2.76. The van der Waals surface area contributed by atoms with Crippen molar-refractivity contribution < 1.29 is 14.3 Å². The van der Waals surface area contributed by atoms with E-state index in [0.29, 0.717) is 11.5 Å². The zero-order valence-electron chi connectivity index (χ0n) is 15.0. The van der Waals surface area contributed by atoms with E-state index in [9.17, 15) is 9.59 Å². The summed E-state index contributed by atoms with van der Waals surface area (Å²) in [6.45, 7) is 5.66. The molecule has 1 heterocycles. The monoisotopic (exact) mass is 340 g/mol. The largest absolute Gasteiger partial charge is 0.452 e. The van der Waals surface area contributed by atoms with Gasteiger partial charge in [-0.1, -0.05) is 25.1 Å². The Balaban J connectivity index is 1.95. The van der Waals surface area contributed by atoms with Crippen LogP contribution in [0.25, 0.3) is 10.9 Å². The van der Waals surface area contributed by atoms with Crippen LogP contribution in [0, 0.1) is 5.92 Å². The standard InChI is InChI=1S/C20H24N2O3/c1-12(2)21-18(23)11-25-20(24)19-14-6-4-5-7-16(14)22-17-9-8-13(3)10-15(17)19/h4-7,12-13H,8-11H2,1-3H3,(H,21,23)/t13-/m1/s1. The van der Waals surface area contributed by atoms with E-state index in [2.05, 4.69) is 12.2 Å². The van der Waals surface area contributed by atoms with E-state index < -0.39 is 5.97 Å². The van der Waals surface area contributed by atoms with Crippen molar-refractivity contribution >= 4 is 22.8 Å². The van der Waals surface area contributed by atoms with Gasteiger partial charge in [0.05, 0.1) is 11.1 Å². The number of benzene rings is 1. The number of para-hydroxylation sites is 1. The van der Waals surface area contributed by atoms with Crippen molar-refractivity contribution in [1.82, 2.24) is 10.3 Å². The Hall–Kier alpha value is -2.43. The lowest BCUT2D eigenvalue weighted by atomic mass is 9.84. The van der Waals surface area contributed by atoms with Gasteiger partial charge in [-0.3, -0.25) is 9.78 Å². The average Bonchev–Trinajstić information content (AvgIpc) is 2.57. The lowest BCUT2D eigenvalue weighted by molar-refractivity contribution is -0.124. The Morgan fingerprint density at radius 1 is 1.32 bits per heavy atom. The molecule has 2 aromatic rings. The van der Waals surface area contributed by atoms with Crippen LogP contribution in [0.3, 0.4) is 0 Å². The van der Waals surface area contributed by atoms with E-state index in [1.54, 1.807) is 0 Å². The Morgan fingerprint density at radius 2 is 2.08 bits per heavy atom. The molecule has 0 bridgehead atoms. The van der Waals surface area contributed by atoms with Crippen molar-refractivity contribution in [1.29, 1.82) is 0 Å². The number of aryl methyl sites for hydroxylation is 1. The molecule has 1 aliphatic carbocycles. The quantitative estimate of drug-likeness (QED) is 0.869. The molecule has 1 aromatic carbocycles. The first-order valence-corrected chi connectivity index (χ1v) is 8.82. The molecule has 5 heteroatoms. The van der Waals surface area contributed by atoms with Crippen LogP contribution in [-0.4, -0.2) is 29.5 Å². The normalized spacial score (nSPS) is 16.6. The number of carbonyl (C=O) groups is 2. The van der Waals surface area contributed by atoms with Crippen LogP contribution in [0.5, 0.6) is 0 Å². The fraction of sp³-hybridized carbons (Fsp3) is 0.450. The Bertz CT molecular complexity index is 814. The Labute approximate surface area is 147 Å². The minimum atomic E-state index is -0.442. The molecule has 1 atom stereocenters. The number of hydrogen-bond donors (Lipinski definition) is 1. The average molecular weight is 340 g/mol. The second-order valence-corrected chi connectivity index (χ2v) is 7.08. The van der Waals surface area contributed by atoms with Gasteiger partial charge in [-0.15, -0.1) is 0 Å². The molecule has 1 amide bonds. The van der Waals surface area contributed by atoms with Gasteiger partial charge < -0.3 is 10.1 Å². The number of pyridine rings is 1. The smallest absolute Gasteiger partial charge is 0.339 e. The van der Waals surface area contributed by atoms with Crippen molar-refractivity contribution in [2.75, 3.05) is 6.61 Å². The summed E-state index contributed by atoms with van der Waals surface area (Å²) in [4.78, 5) is 29.3. The van der Waals surface area contributed by atoms with Gasteiger partial charge in [0.15, 0.2) is 6.61 Å². The zero-order valence-corrected chi connectivity index (χ0v) is 15.0. The Morgan fingerprint density at radius 3 is 2.84 bits per heavy atom. The molecule has 1 N–H and O–H groups in total. The molecule has 0 radical (unpaired) electrons. The summed E-state index contributed by atoms with van der Waals surface area (Å²) in [5, 5.41) is 3.52. The predicted octanol–water partition coefficient (Wildman–Crippen LogP) is 3.04. The van der Waals surface area contributed by atoms with Gasteiger partial charge >= 0.3 is 5.97 Å². The molecule has 0 saturated heterocycles. The van der Waals surface area contributed by atoms with Crippen molar-refractivity contribution in [3.05, 3.63) is 41.1 Å². The molecule has 0 unspecified atom stereocenters. The fourth-order valence-electron chi connectivity index (χ4n) is 3.36. The number of hydrogen-bond acceptors (Lipinski definition) is 4. The maximum Gasteiger partial charge on any atom is 0.339 e. The summed E-state index contributed by atoms with van der Waals surface area (Å²) < 4.78 is 5.32. The highest BCUT2D eigenvalue weighted by Crippen LogP contribution is 2.31. The number of aromatic nitrogens is 1. The first-order chi connectivity index (χ1) is 12.0. The van der Waals surface area contributed by atoms with Crippen molar-refractivity contribution in [3.8, 4) is 0 Å². The van der Waals surface area contributed by atoms with Gasteiger partial charge in [-0.05, 0) is 50.7 Å². The maximum atomic E-state index is 12.8. The fourth-order valence-corrected chi connectivity index (χ4v) is 3.36. The molecule has 0 saturated carbocycles. The highest BCUT2D eigenvalue weighted by molar-refractivity contribution is 6.05. The third-order valence-corrected chi connectivity index (χ3v) is 4.49. The minimum Gasteiger partial charge on any atom is -0.452 e. The van der Waals surface area contributed by atoms with Crippen molar-refractivity contribution in [2.24, 2.45) is 5.92 Å². The highest BCUT2D eigenvalue weighted by Gasteiger charge is 2.26. The predicted molar refractivity (Wildman–Crippen MR) is 96.5 cm³/mol. The molecule has 3 rings (SSSR count). The lowest BCUT2D eigenvalue weighted by Crippen LogP contribution is -2.34. The first kappa shape index (κ1) is 17.4. The molecule has 5 nitrogen and oxygen atoms in total. The summed E-state index contributed by atoms with van der Waals surface area (Å²) in [5.41, 5.74) is 3.33. The maximum absolute atomic E-state index is 12.8. The number of rotatable bonds is 4. The van der Waals surface area contributed by atoms with Crippen LogP contribution in [0.2, 0.25) is 0 Å². The van der Waals surface area contributed by atoms with Crippen LogP contribution >= 0.6 is 0 Å². The molecule has 132 valence electrons. The van der Waals surface area contributed by atoms with Crippen molar-refractivity contribution in [3.63, 3.8) is 0 Å². The zero-order chi connectivity index (χ0) is 18.0. The number of nitrogens with zero attached hydrogens (tertiary/aromatic N) is 1. The van der Waals surface area contributed by atoms with Gasteiger partial charge in [0.1, 0.15) is 0 Å². The molecule has 1 aliphatic rings. The molecule has 0 spiro atoms. The van der Waals surface area contributed by atoms with Crippen LogP contribution in [0.1, 0.15) is 48.8 Å². The SMILES string of the molecule is CC(C)NC(=O)COC(=O)c1c2c(nc3ccccc13)CC[C@@H](C)C2. The second-order valence-electron chi connectivity index (χ2n) is 7.08. The Kier molecular flexibility index (Phi) is 5.02. The van der Waals surface area contributed by atoms with Gasteiger partial charge in [-0.25, -0.2) is 4.79 Å². The topological polar surface area (TPSA) is 68.3 Å². The number of ether oxygens (including phenoxy) is 1. The summed E-state index contributed by atoms with van der Waals surface area (Å²) in [6, 6.07) is 7.63. The van der Waals surface area contributed by atoms with E-state index in [1.165, 1.54) is 0 Å². The molecule has 25 heavy (non-hydrogen) atoms.